The van der Waals surface area contributed by atoms with Crippen LogP contribution in [0.25, 0.3) is 5.57 Å². The molecule has 2 aliphatic rings. The first-order valence-electron chi connectivity index (χ1n) is 9.80. The Morgan fingerprint density at radius 2 is 2.00 bits per heavy atom. The van der Waals surface area contributed by atoms with Crippen LogP contribution in [0.1, 0.15) is 32.3 Å². The van der Waals surface area contributed by atoms with E-state index >= 15 is 0 Å². The Bertz CT molecular complexity index is 599. The Kier molecular flexibility index (Phi) is 8.91. The number of aliphatic imine (C=N–C) groups is 1. The molecule has 1 atom stereocenters. The zero-order valence-corrected chi connectivity index (χ0v) is 18.5. The second-order valence-corrected chi connectivity index (χ2v) is 7.03. The van der Waals surface area contributed by atoms with Gasteiger partial charge in [-0.1, -0.05) is 43.3 Å². The van der Waals surface area contributed by atoms with Gasteiger partial charge < -0.3 is 15.1 Å². The number of nitrogens with one attached hydrogen (secondary N) is 1. The van der Waals surface area contributed by atoms with E-state index in [0.717, 1.165) is 38.6 Å². The summed E-state index contributed by atoms with van der Waals surface area (Å²) in [5.41, 5.74) is 2.82. The number of nitrogens with zero attached hydrogens (tertiary/aromatic N) is 3. The highest BCUT2D eigenvalue weighted by Crippen LogP contribution is 2.22. The third kappa shape index (κ3) is 5.71. The fraction of sp³-hybridized carbons (Fsp3) is 0.571. The highest BCUT2D eigenvalue weighted by atomic mass is 127. The minimum Gasteiger partial charge on any atom is -0.357 e. The van der Waals surface area contributed by atoms with Crippen molar-refractivity contribution in [3.8, 4) is 0 Å². The molecule has 1 unspecified atom stereocenters. The molecule has 0 radical (unpaired) electrons. The molecule has 2 aliphatic heterocycles. The van der Waals surface area contributed by atoms with Crippen molar-refractivity contribution in [2.45, 2.75) is 26.7 Å². The number of guanidine groups is 1. The molecular weight excluding hydrogens is 435 g/mol. The van der Waals surface area contributed by atoms with Gasteiger partial charge in [-0.2, -0.15) is 0 Å². The van der Waals surface area contributed by atoms with Gasteiger partial charge in [0.2, 0.25) is 0 Å². The van der Waals surface area contributed by atoms with Crippen LogP contribution in [-0.2, 0) is 0 Å². The Hall–Kier alpha value is -1.08. The SMILES string of the molecule is CCNC(=NCC1CCN(CC)C1)N1CC=C(c2ccccc2)CC1.I. The second-order valence-electron chi connectivity index (χ2n) is 7.03. The quantitative estimate of drug-likeness (QED) is 0.406. The van der Waals surface area contributed by atoms with E-state index in [9.17, 15) is 0 Å². The number of likely N-dealkylation sites (tertiary alicyclic amines) is 1. The van der Waals surface area contributed by atoms with E-state index < -0.39 is 0 Å². The van der Waals surface area contributed by atoms with Crippen molar-refractivity contribution in [2.75, 3.05) is 45.8 Å². The molecule has 0 aliphatic carbocycles. The maximum Gasteiger partial charge on any atom is 0.194 e. The van der Waals surface area contributed by atoms with Crippen molar-refractivity contribution in [1.29, 1.82) is 0 Å². The first kappa shape index (κ1) is 21.2. The lowest BCUT2D eigenvalue weighted by molar-refractivity contribution is 0.343. The average Bonchev–Trinajstić information content (AvgIpc) is 3.14. The summed E-state index contributed by atoms with van der Waals surface area (Å²) in [6.45, 7) is 11.9. The molecule has 0 spiro atoms. The van der Waals surface area contributed by atoms with Crippen molar-refractivity contribution in [1.82, 2.24) is 15.1 Å². The van der Waals surface area contributed by atoms with Gasteiger partial charge in [-0.15, -0.1) is 24.0 Å². The van der Waals surface area contributed by atoms with Crippen molar-refractivity contribution in [2.24, 2.45) is 10.9 Å². The Morgan fingerprint density at radius 3 is 2.62 bits per heavy atom. The first-order valence-corrected chi connectivity index (χ1v) is 9.80. The van der Waals surface area contributed by atoms with Gasteiger partial charge in [0.25, 0.3) is 0 Å². The predicted octanol–water partition coefficient (Wildman–Crippen LogP) is 3.70. The van der Waals surface area contributed by atoms with E-state index in [2.05, 4.69) is 65.4 Å². The molecular formula is C21H33IN4. The van der Waals surface area contributed by atoms with Crippen molar-refractivity contribution < 1.29 is 0 Å². The summed E-state index contributed by atoms with van der Waals surface area (Å²) in [6, 6.07) is 10.7. The molecule has 144 valence electrons. The zero-order valence-electron chi connectivity index (χ0n) is 16.2. The van der Waals surface area contributed by atoms with Gasteiger partial charge in [0, 0.05) is 32.7 Å². The molecule has 4 nitrogen and oxygen atoms in total. The summed E-state index contributed by atoms with van der Waals surface area (Å²) in [5, 5.41) is 3.49. The minimum absolute atomic E-state index is 0. The smallest absolute Gasteiger partial charge is 0.194 e. The van der Waals surface area contributed by atoms with E-state index in [-0.39, 0.29) is 24.0 Å². The predicted molar refractivity (Wildman–Crippen MR) is 122 cm³/mol. The molecule has 1 aromatic rings. The maximum atomic E-state index is 4.96. The van der Waals surface area contributed by atoms with Gasteiger partial charge in [0.05, 0.1) is 0 Å². The standard InChI is InChI=1S/C21H32N4.HI/c1-3-22-21(23-16-18-10-13-24(4-2)17-18)25-14-11-20(12-15-25)19-8-6-5-7-9-19;/h5-9,11,18H,3-4,10,12-17H2,1-2H3,(H,22,23);1H. The molecule has 2 heterocycles. The van der Waals surface area contributed by atoms with Gasteiger partial charge in [-0.25, -0.2) is 0 Å². The summed E-state index contributed by atoms with van der Waals surface area (Å²) >= 11 is 0. The summed E-state index contributed by atoms with van der Waals surface area (Å²) < 4.78 is 0. The highest BCUT2D eigenvalue weighted by Gasteiger charge is 2.22. The van der Waals surface area contributed by atoms with Gasteiger partial charge in [-0.3, -0.25) is 4.99 Å². The van der Waals surface area contributed by atoms with Gasteiger partial charge in [0.1, 0.15) is 0 Å². The van der Waals surface area contributed by atoms with Gasteiger partial charge >= 0.3 is 0 Å². The number of rotatable bonds is 5. The minimum atomic E-state index is 0. The van der Waals surface area contributed by atoms with Crippen LogP contribution in [0.15, 0.2) is 41.4 Å². The van der Waals surface area contributed by atoms with Crippen molar-refractivity contribution >= 4 is 35.5 Å². The third-order valence-corrected chi connectivity index (χ3v) is 5.30. The number of hydrogen-bond donors (Lipinski definition) is 1. The highest BCUT2D eigenvalue weighted by molar-refractivity contribution is 14.0. The topological polar surface area (TPSA) is 30.9 Å². The van der Waals surface area contributed by atoms with Crippen LogP contribution in [0.2, 0.25) is 0 Å². The summed E-state index contributed by atoms with van der Waals surface area (Å²) in [5.74, 6) is 1.80. The van der Waals surface area contributed by atoms with E-state index in [0.29, 0.717) is 5.92 Å². The van der Waals surface area contributed by atoms with Crippen LogP contribution < -0.4 is 5.32 Å². The van der Waals surface area contributed by atoms with E-state index in [1.165, 1.54) is 37.2 Å². The average molecular weight is 468 g/mol. The number of benzene rings is 1. The molecule has 1 N–H and O–H groups in total. The Morgan fingerprint density at radius 1 is 1.19 bits per heavy atom. The Labute approximate surface area is 175 Å². The molecule has 0 amide bonds. The summed E-state index contributed by atoms with van der Waals surface area (Å²) in [6.07, 6.45) is 4.73. The van der Waals surface area contributed by atoms with Crippen LogP contribution in [0.3, 0.4) is 0 Å². The Balaban J connectivity index is 0.00000243. The van der Waals surface area contributed by atoms with Crippen LogP contribution in [0.5, 0.6) is 0 Å². The molecule has 3 rings (SSSR count). The first-order chi connectivity index (χ1) is 12.3. The number of hydrogen-bond acceptors (Lipinski definition) is 2. The molecule has 5 heteroatoms. The molecule has 0 bridgehead atoms. The lowest BCUT2D eigenvalue weighted by Gasteiger charge is -2.30. The second kappa shape index (κ2) is 10.9. The molecule has 1 aromatic carbocycles. The lowest BCUT2D eigenvalue weighted by atomic mass is 10.00. The summed E-state index contributed by atoms with van der Waals surface area (Å²) in [7, 11) is 0. The molecule has 26 heavy (non-hydrogen) atoms. The van der Waals surface area contributed by atoms with E-state index in [1.54, 1.807) is 0 Å². The van der Waals surface area contributed by atoms with E-state index in [4.69, 9.17) is 4.99 Å². The normalized spacial score (nSPS) is 21.3. The fourth-order valence-electron chi connectivity index (χ4n) is 3.77. The largest absolute Gasteiger partial charge is 0.357 e. The van der Waals surface area contributed by atoms with Crippen molar-refractivity contribution in [3.05, 3.63) is 42.0 Å². The van der Waals surface area contributed by atoms with E-state index in [1.807, 2.05) is 0 Å². The van der Waals surface area contributed by atoms with Gasteiger partial charge in [-0.05, 0) is 49.9 Å². The van der Waals surface area contributed by atoms with Crippen LogP contribution in [0.4, 0.5) is 0 Å². The van der Waals surface area contributed by atoms with Crippen LogP contribution >= 0.6 is 24.0 Å². The molecule has 1 saturated heterocycles. The fourth-order valence-corrected chi connectivity index (χ4v) is 3.77. The molecule has 0 aromatic heterocycles. The molecule has 0 saturated carbocycles. The van der Waals surface area contributed by atoms with Crippen LogP contribution in [0, 0.1) is 5.92 Å². The monoisotopic (exact) mass is 468 g/mol. The maximum absolute atomic E-state index is 4.96. The van der Waals surface area contributed by atoms with Crippen molar-refractivity contribution in [3.63, 3.8) is 0 Å². The lowest BCUT2D eigenvalue weighted by Crippen LogP contribution is -2.43. The zero-order chi connectivity index (χ0) is 17.5. The summed E-state index contributed by atoms with van der Waals surface area (Å²) in [4.78, 5) is 9.88. The molecule has 1 fully saturated rings. The third-order valence-electron chi connectivity index (χ3n) is 5.30. The van der Waals surface area contributed by atoms with Crippen LogP contribution in [-0.4, -0.2) is 61.6 Å². The number of halogens is 1. The van der Waals surface area contributed by atoms with Gasteiger partial charge in [0.15, 0.2) is 5.96 Å².